The lowest BCUT2D eigenvalue weighted by molar-refractivity contribution is -0.139. The summed E-state index contributed by atoms with van der Waals surface area (Å²) in [5.41, 5.74) is 0. The molecule has 9 heteroatoms. The van der Waals surface area contributed by atoms with Gasteiger partial charge < -0.3 is 10.0 Å². The van der Waals surface area contributed by atoms with Crippen molar-refractivity contribution >= 4 is 21.9 Å². The fourth-order valence-electron chi connectivity index (χ4n) is 1.93. The van der Waals surface area contributed by atoms with Crippen molar-refractivity contribution in [1.82, 2.24) is 14.2 Å². The van der Waals surface area contributed by atoms with E-state index < -0.39 is 21.9 Å². The van der Waals surface area contributed by atoms with E-state index in [1.165, 1.54) is 36.5 Å². The zero-order chi connectivity index (χ0) is 17.6. The van der Waals surface area contributed by atoms with Crippen LogP contribution in [0.3, 0.4) is 0 Å². The van der Waals surface area contributed by atoms with E-state index in [1.54, 1.807) is 13.8 Å². The van der Waals surface area contributed by atoms with Crippen molar-refractivity contribution < 1.29 is 23.1 Å². The summed E-state index contributed by atoms with van der Waals surface area (Å²) in [6, 6.07) is 2.67. The van der Waals surface area contributed by atoms with Crippen LogP contribution in [0.5, 0.6) is 0 Å². The van der Waals surface area contributed by atoms with Crippen molar-refractivity contribution in [2.24, 2.45) is 0 Å². The zero-order valence-electron chi connectivity index (χ0n) is 13.3. The van der Waals surface area contributed by atoms with Gasteiger partial charge in [0.25, 0.3) is 0 Å². The Morgan fingerprint density at radius 2 is 2.00 bits per heavy atom. The Bertz CT molecular complexity index is 646. The molecule has 0 aliphatic rings. The van der Waals surface area contributed by atoms with Crippen LogP contribution >= 0.6 is 0 Å². The molecule has 1 aromatic heterocycles. The third-order valence-electron chi connectivity index (χ3n) is 3.21. The number of carbonyl (C=O) groups is 2. The van der Waals surface area contributed by atoms with E-state index in [1.807, 2.05) is 0 Å². The van der Waals surface area contributed by atoms with Gasteiger partial charge in [-0.3, -0.25) is 14.6 Å². The second kappa shape index (κ2) is 8.02. The van der Waals surface area contributed by atoms with E-state index in [4.69, 9.17) is 5.11 Å². The molecule has 1 amide bonds. The van der Waals surface area contributed by atoms with Crippen molar-refractivity contribution in [2.45, 2.75) is 31.2 Å². The summed E-state index contributed by atoms with van der Waals surface area (Å²) in [5.74, 6) is -1.46. The Balaban J connectivity index is 2.83. The van der Waals surface area contributed by atoms with Crippen LogP contribution in [0.4, 0.5) is 0 Å². The van der Waals surface area contributed by atoms with E-state index in [0.717, 1.165) is 4.31 Å². The smallest absolute Gasteiger partial charge is 0.305 e. The second-order valence-corrected chi connectivity index (χ2v) is 7.32. The summed E-state index contributed by atoms with van der Waals surface area (Å²) >= 11 is 0. The van der Waals surface area contributed by atoms with Gasteiger partial charge in [-0.05, 0) is 26.0 Å². The molecule has 1 N–H and O–H groups in total. The van der Waals surface area contributed by atoms with Gasteiger partial charge in [0.2, 0.25) is 15.9 Å². The van der Waals surface area contributed by atoms with Crippen molar-refractivity contribution in [3.8, 4) is 0 Å². The Labute approximate surface area is 135 Å². The van der Waals surface area contributed by atoms with E-state index in [0.29, 0.717) is 0 Å². The highest BCUT2D eigenvalue weighted by Crippen LogP contribution is 2.13. The lowest BCUT2D eigenvalue weighted by Gasteiger charge is -2.28. The molecule has 0 unspecified atom stereocenters. The predicted octanol–water partition coefficient (Wildman–Crippen LogP) is 0.414. The number of nitrogens with zero attached hydrogens (tertiary/aromatic N) is 3. The number of amides is 1. The minimum Gasteiger partial charge on any atom is -0.481 e. The first-order valence-corrected chi connectivity index (χ1v) is 8.48. The number of aliphatic carboxylic acids is 1. The largest absolute Gasteiger partial charge is 0.481 e. The molecule has 23 heavy (non-hydrogen) atoms. The third-order valence-corrected chi connectivity index (χ3v) is 5.00. The average molecular weight is 343 g/mol. The van der Waals surface area contributed by atoms with Gasteiger partial charge in [0.1, 0.15) is 4.90 Å². The maximum absolute atomic E-state index is 12.3. The molecule has 1 heterocycles. The van der Waals surface area contributed by atoms with Gasteiger partial charge in [-0.2, -0.15) is 4.31 Å². The summed E-state index contributed by atoms with van der Waals surface area (Å²) in [6.07, 6.45) is 2.47. The summed E-state index contributed by atoms with van der Waals surface area (Å²) in [6.45, 7) is 3.16. The highest BCUT2D eigenvalue weighted by molar-refractivity contribution is 7.89. The highest BCUT2D eigenvalue weighted by atomic mass is 32.2. The average Bonchev–Trinajstić information content (AvgIpc) is 2.47. The van der Waals surface area contributed by atoms with Gasteiger partial charge in [-0.25, -0.2) is 8.42 Å². The molecule has 0 aliphatic carbocycles. The van der Waals surface area contributed by atoms with Crippen LogP contribution < -0.4 is 0 Å². The van der Waals surface area contributed by atoms with Crippen LogP contribution in [0.25, 0.3) is 0 Å². The molecule has 128 valence electrons. The molecular formula is C14H21N3O5S. The third kappa shape index (κ3) is 5.29. The molecule has 0 saturated heterocycles. The molecule has 0 saturated carbocycles. The van der Waals surface area contributed by atoms with E-state index in [9.17, 15) is 18.0 Å². The SMILES string of the molecule is CC(C)N(CCC(=O)O)C(=O)CN(C)S(=O)(=O)c1cccnc1. The Kier molecular flexibility index (Phi) is 6.64. The number of rotatable bonds is 8. The Morgan fingerprint density at radius 3 is 2.48 bits per heavy atom. The molecule has 0 radical (unpaired) electrons. The van der Waals surface area contributed by atoms with Gasteiger partial charge in [0.05, 0.1) is 13.0 Å². The summed E-state index contributed by atoms with van der Waals surface area (Å²) in [4.78, 5) is 28.1. The van der Waals surface area contributed by atoms with Gasteiger partial charge in [0.15, 0.2) is 0 Å². The lowest BCUT2D eigenvalue weighted by atomic mass is 10.2. The number of carboxylic acids is 1. The van der Waals surface area contributed by atoms with Crippen molar-refractivity contribution in [2.75, 3.05) is 20.1 Å². The first-order valence-electron chi connectivity index (χ1n) is 7.04. The molecule has 0 fully saturated rings. The predicted molar refractivity (Wildman–Crippen MR) is 83.2 cm³/mol. The fourth-order valence-corrected chi connectivity index (χ4v) is 3.02. The van der Waals surface area contributed by atoms with E-state index in [-0.39, 0.29) is 30.4 Å². The molecular weight excluding hydrogens is 322 g/mol. The molecule has 0 aliphatic heterocycles. The van der Waals surface area contributed by atoms with Crippen LogP contribution in [0.1, 0.15) is 20.3 Å². The second-order valence-electron chi connectivity index (χ2n) is 5.27. The maximum Gasteiger partial charge on any atom is 0.305 e. The number of carboxylic acid groups (broad SMARTS) is 1. The minimum absolute atomic E-state index is 0.00284. The number of carbonyl (C=O) groups excluding carboxylic acids is 1. The highest BCUT2D eigenvalue weighted by Gasteiger charge is 2.26. The molecule has 0 bridgehead atoms. The monoisotopic (exact) mass is 343 g/mol. The maximum atomic E-state index is 12.3. The topological polar surface area (TPSA) is 108 Å². The van der Waals surface area contributed by atoms with Crippen LogP contribution in [0, 0.1) is 0 Å². The van der Waals surface area contributed by atoms with Gasteiger partial charge in [-0.1, -0.05) is 0 Å². The number of hydrogen-bond donors (Lipinski definition) is 1. The summed E-state index contributed by atoms with van der Waals surface area (Å²) in [7, 11) is -2.52. The van der Waals surface area contributed by atoms with Crippen LogP contribution in [0.15, 0.2) is 29.4 Å². The van der Waals surface area contributed by atoms with Gasteiger partial charge >= 0.3 is 5.97 Å². The molecule has 1 aromatic rings. The lowest BCUT2D eigenvalue weighted by Crippen LogP contribution is -2.45. The summed E-state index contributed by atoms with van der Waals surface area (Å²) < 4.78 is 25.6. The minimum atomic E-state index is -3.82. The van der Waals surface area contributed by atoms with Crippen molar-refractivity contribution in [1.29, 1.82) is 0 Å². The van der Waals surface area contributed by atoms with Crippen LogP contribution in [-0.4, -0.2) is 65.8 Å². The van der Waals surface area contributed by atoms with Crippen LogP contribution in [-0.2, 0) is 19.6 Å². The van der Waals surface area contributed by atoms with Gasteiger partial charge in [0, 0.05) is 32.0 Å². The zero-order valence-corrected chi connectivity index (χ0v) is 14.2. The molecule has 8 nitrogen and oxygen atoms in total. The number of likely N-dealkylation sites (N-methyl/N-ethyl adjacent to an activating group) is 1. The Morgan fingerprint density at radius 1 is 1.35 bits per heavy atom. The van der Waals surface area contributed by atoms with Crippen LogP contribution in [0.2, 0.25) is 0 Å². The first-order chi connectivity index (χ1) is 10.7. The Hall–Kier alpha value is -2.00. The number of sulfonamides is 1. The quantitative estimate of drug-likeness (QED) is 0.732. The first kappa shape index (κ1) is 19.0. The van der Waals surface area contributed by atoms with Crippen molar-refractivity contribution in [3.05, 3.63) is 24.5 Å². The molecule has 0 spiro atoms. The number of hydrogen-bond acceptors (Lipinski definition) is 5. The number of pyridine rings is 1. The fraction of sp³-hybridized carbons (Fsp3) is 0.500. The molecule has 0 atom stereocenters. The summed E-state index contributed by atoms with van der Waals surface area (Å²) in [5, 5.41) is 8.73. The normalized spacial score (nSPS) is 11.7. The molecule has 0 aromatic carbocycles. The number of aromatic nitrogens is 1. The molecule has 1 rings (SSSR count). The van der Waals surface area contributed by atoms with E-state index in [2.05, 4.69) is 4.98 Å². The standard InChI is InChI=1S/C14H21N3O5S/c1-11(2)17(8-6-14(19)20)13(18)10-16(3)23(21,22)12-5-4-7-15-9-12/h4-5,7,9,11H,6,8,10H2,1-3H3,(H,19,20). The van der Waals surface area contributed by atoms with Crippen molar-refractivity contribution in [3.63, 3.8) is 0 Å². The van der Waals surface area contributed by atoms with E-state index >= 15 is 0 Å². The van der Waals surface area contributed by atoms with Gasteiger partial charge in [-0.15, -0.1) is 0 Å².